The molecule has 9 heteroatoms. The second-order valence-electron chi connectivity index (χ2n) is 6.70. The first-order valence-electron chi connectivity index (χ1n) is 9.43. The third kappa shape index (κ3) is 6.48. The van der Waals surface area contributed by atoms with E-state index >= 15 is 0 Å². The van der Waals surface area contributed by atoms with Gasteiger partial charge >= 0.3 is 0 Å². The number of nitriles is 1. The van der Waals surface area contributed by atoms with Crippen molar-refractivity contribution >= 4 is 56.8 Å². The summed E-state index contributed by atoms with van der Waals surface area (Å²) in [5.41, 5.74) is 1.57. The number of carbonyl (C=O) groups excluding carboxylic acids is 1. The van der Waals surface area contributed by atoms with Crippen molar-refractivity contribution in [1.82, 2.24) is 0 Å². The predicted molar refractivity (Wildman–Crippen MR) is 130 cm³/mol. The standard InChI is InChI=1S/C24H16BrCl2FN2O3/c1-32-22-11-15(8-16(12-29)24(31)30-18-5-3-17(28)4-6-18)9-19(25)23(22)33-13-14-2-7-20(26)21(27)10-14/h2-11H,13H2,1H3,(H,30,31)/b16-8-. The summed E-state index contributed by atoms with van der Waals surface area (Å²) in [6.07, 6.45) is 1.41. The number of carbonyl (C=O) groups is 1. The fraction of sp³-hybridized carbons (Fsp3) is 0.0833. The number of amides is 1. The lowest BCUT2D eigenvalue weighted by Gasteiger charge is -2.14. The SMILES string of the molecule is COc1cc(/C=C(/C#N)C(=O)Nc2ccc(F)cc2)cc(Br)c1OCc1ccc(Cl)c(Cl)c1. The maximum Gasteiger partial charge on any atom is 0.266 e. The van der Waals surface area contributed by atoms with Gasteiger partial charge in [-0.15, -0.1) is 0 Å². The van der Waals surface area contributed by atoms with Crippen molar-refractivity contribution in [3.63, 3.8) is 0 Å². The van der Waals surface area contributed by atoms with Gasteiger partial charge in [-0.2, -0.15) is 5.26 Å². The number of anilines is 1. The zero-order chi connectivity index (χ0) is 24.0. The van der Waals surface area contributed by atoms with Crippen LogP contribution >= 0.6 is 39.1 Å². The van der Waals surface area contributed by atoms with Gasteiger partial charge in [-0.05, 0) is 81.7 Å². The van der Waals surface area contributed by atoms with E-state index in [4.69, 9.17) is 32.7 Å². The minimum Gasteiger partial charge on any atom is -0.493 e. The first-order chi connectivity index (χ1) is 15.8. The summed E-state index contributed by atoms with van der Waals surface area (Å²) in [5, 5.41) is 12.9. The third-order valence-corrected chi connectivity index (χ3v) is 5.73. The maximum absolute atomic E-state index is 13.0. The summed E-state index contributed by atoms with van der Waals surface area (Å²) in [4.78, 5) is 12.5. The van der Waals surface area contributed by atoms with Crippen LogP contribution in [0, 0.1) is 17.1 Å². The Bertz CT molecular complexity index is 1260. The molecule has 0 saturated heterocycles. The second kappa shape index (κ2) is 11.2. The van der Waals surface area contributed by atoms with Crippen LogP contribution < -0.4 is 14.8 Å². The molecule has 0 saturated carbocycles. The van der Waals surface area contributed by atoms with Crippen molar-refractivity contribution in [3.8, 4) is 17.6 Å². The Balaban J connectivity index is 1.81. The Hall–Kier alpha value is -3.05. The average molecular weight is 550 g/mol. The molecule has 0 fully saturated rings. The summed E-state index contributed by atoms with van der Waals surface area (Å²) in [5.74, 6) is -0.219. The molecule has 0 unspecified atom stereocenters. The molecule has 1 N–H and O–H groups in total. The first kappa shape index (κ1) is 24.6. The Morgan fingerprint density at radius 2 is 1.88 bits per heavy atom. The summed E-state index contributed by atoms with van der Waals surface area (Å²) in [6.45, 7) is 0.213. The number of nitrogens with one attached hydrogen (secondary N) is 1. The van der Waals surface area contributed by atoms with Crippen LogP contribution in [0.2, 0.25) is 10.0 Å². The van der Waals surface area contributed by atoms with Gasteiger partial charge in [-0.1, -0.05) is 29.3 Å². The van der Waals surface area contributed by atoms with Gasteiger partial charge in [0.05, 0.1) is 21.6 Å². The fourth-order valence-electron chi connectivity index (χ4n) is 2.80. The number of ether oxygens (including phenoxy) is 2. The van der Waals surface area contributed by atoms with Gasteiger partial charge < -0.3 is 14.8 Å². The third-order valence-electron chi connectivity index (χ3n) is 4.40. The van der Waals surface area contributed by atoms with E-state index in [-0.39, 0.29) is 12.2 Å². The predicted octanol–water partition coefficient (Wildman–Crippen LogP) is 7.03. The van der Waals surface area contributed by atoms with E-state index in [0.29, 0.717) is 37.3 Å². The Morgan fingerprint density at radius 3 is 2.52 bits per heavy atom. The monoisotopic (exact) mass is 548 g/mol. The maximum atomic E-state index is 13.0. The number of halogens is 4. The molecule has 0 aromatic heterocycles. The highest BCUT2D eigenvalue weighted by Crippen LogP contribution is 2.38. The van der Waals surface area contributed by atoms with Gasteiger partial charge in [0.25, 0.3) is 5.91 Å². The number of nitrogens with zero attached hydrogens (tertiary/aromatic N) is 1. The first-order valence-corrected chi connectivity index (χ1v) is 11.0. The lowest BCUT2D eigenvalue weighted by atomic mass is 10.1. The van der Waals surface area contributed by atoms with Gasteiger partial charge in [0.1, 0.15) is 24.1 Å². The topological polar surface area (TPSA) is 71.3 Å². The number of benzene rings is 3. The molecule has 168 valence electrons. The van der Waals surface area contributed by atoms with Crippen molar-refractivity contribution in [2.45, 2.75) is 6.61 Å². The van der Waals surface area contributed by atoms with E-state index in [1.165, 1.54) is 37.5 Å². The summed E-state index contributed by atoms with van der Waals surface area (Å²) in [7, 11) is 1.48. The van der Waals surface area contributed by atoms with E-state index in [1.807, 2.05) is 6.07 Å². The number of hydrogen-bond donors (Lipinski definition) is 1. The van der Waals surface area contributed by atoms with Crippen LogP contribution in [-0.4, -0.2) is 13.0 Å². The highest BCUT2D eigenvalue weighted by Gasteiger charge is 2.15. The summed E-state index contributed by atoms with van der Waals surface area (Å²) in [6, 6.07) is 15.6. The van der Waals surface area contributed by atoms with Crippen molar-refractivity contribution in [1.29, 1.82) is 5.26 Å². The van der Waals surface area contributed by atoms with Crippen molar-refractivity contribution in [3.05, 3.63) is 91.6 Å². The molecule has 5 nitrogen and oxygen atoms in total. The Morgan fingerprint density at radius 1 is 1.15 bits per heavy atom. The number of methoxy groups -OCH3 is 1. The zero-order valence-electron chi connectivity index (χ0n) is 17.2. The van der Waals surface area contributed by atoms with E-state index in [0.717, 1.165) is 5.56 Å². The van der Waals surface area contributed by atoms with Gasteiger partial charge in [-0.25, -0.2) is 4.39 Å². The molecule has 0 aliphatic heterocycles. The van der Waals surface area contributed by atoms with Crippen molar-refractivity contribution in [2.24, 2.45) is 0 Å². The highest BCUT2D eigenvalue weighted by atomic mass is 79.9. The summed E-state index contributed by atoms with van der Waals surface area (Å²) >= 11 is 15.4. The Kier molecular flexibility index (Phi) is 8.34. The van der Waals surface area contributed by atoms with Crippen LogP contribution in [0.15, 0.2) is 64.6 Å². The van der Waals surface area contributed by atoms with Gasteiger partial charge in [0, 0.05) is 5.69 Å². The molecular weight excluding hydrogens is 534 g/mol. The van der Waals surface area contributed by atoms with Crippen molar-refractivity contribution < 1.29 is 18.7 Å². The minimum absolute atomic E-state index is 0.141. The largest absolute Gasteiger partial charge is 0.493 e. The van der Waals surface area contributed by atoms with Crippen LogP contribution in [0.1, 0.15) is 11.1 Å². The summed E-state index contributed by atoms with van der Waals surface area (Å²) < 4.78 is 24.9. The molecule has 3 aromatic carbocycles. The molecule has 0 bridgehead atoms. The molecule has 0 spiro atoms. The molecule has 33 heavy (non-hydrogen) atoms. The van der Waals surface area contributed by atoms with Crippen LogP contribution in [-0.2, 0) is 11.4 Å². The normalized spacial score (nSPS) is 11.0. The van der Waals surface area contributed by atoms with Crippen LogP contribution in [0.25, 0.3) is 6.08 Å². The van der Waals surface area contributed by atoms with E-state index in [9.17, 15) is 14.4 Å². The van der Waals surface area contributed by atoms with Crippen LogP contribution in [0.5, 0.6) is 11.5 Å². The van der Waals surface area contributed by atoms with Crippen molar-refractivity contribution in [2.75, 3.05) is 12.4 Å². The molecular formula is C24H16BrCl2FN2O3. The molecule has 0 radical (unpaired) electrons. The molecule has 1 amide bonds. The Labute approximate surface area is 208 Å². The average Bonchev–Trinajstić information content (AvgIpc) is 2.80. The molecule has 0 atom stereocenters. The number of rotatable bonds is 7. The quantitative estimate of drug-likeness (QED) is 0.254. The van der Waals surface area contributed by atoms with E-state index in [2.05, 4.69) is 21.2 Å². The molecule has 3 rings (SSSR count). The lowest BCUT2D eigenvalue weighted by molar-refractivity contribution is -0.112. The van der Waals surface area contributed by atoms with Gasteiger partial charge in [0.15, 0.2) is 11.5 Å². The smallest absolute Gasteiger partial charge is 0.266 e. The second-order valence-corrected chi connectivity index (χ2v) is 8.37. The van der Waals surface area contributed by atoms with Crippen LogP contribution in [0.4, 0.5) is 10.1 Å². The molecule has 3 aromatic rings. The fourth-order valence-corrected chi connectivity index (χ4v) is 3.69. The number of hydrogen-bond acceptors (Lipinski definition) is 4. The molecule has 0 aliphatic carbocycles. The van der Waals surface area contributed by atoms with Crippen LogP contribution in [0.3, 0.4) is 0 Å². The van der Waals surface area contributed by atoms with E-state index < -0.39 is 11.7 Å². The highest BCUT2D eigenvalue weighted by molar-refractivity contribution is 9.10. The van der Waals surface area contributed by atoms with E-state index in [1.54, 1.807) is 30.3 Å². The molecule has 0 heterocycles. The minimum atomic E-state index is -0.626. The van der Waals surface area contributed by atoms with Gasteiger partial charge in [-0.3, -0.25) is 4.79 Å². The zero-order valence-corrected chi connectivity index (χ0v) is 20.3. The van der Waals surface area contributed by atoms with Gasteiger partial charge in [0.2, 0.25) is 0 Å². The molecule has 0 aliphatic rings. The lowest BCUT2D eigenvalue weighted by Crippen LogP contribution is -2.13.